The lowest BCUT2D eigenvalue weighted by Gasteiger charge is -2.29. The average molecular weight is 362 g/mol. The van der Waals surface area contributed by atoms with Gasteiger partial charge in [0.15, 0.2) is 0 Å². The van der Waals surface area contributed by atoms with E-state index in [0.717, 1.165) is 19.5 Å². The molecule has 1 aliphatic rings. The first kappa shape index (κ1) is 16.8. The van der Waals surface area contributed by atoms with E-state index >= 15 is 0 Å². The summed E-state index contributed by atoms with van der Waals surface area (Å²) in [5, 5.41) is 3.40. The van der Waals surface area contributed by atoms with Gasteiger partial charge < -0.3 is 10.1 Å². The van der Waals surface area contributed by atoms with Crippen molar-refractivity contribution in [3.05, 3.63) is 33.8 Å². The Hall–Kier alpha value is -0.520. The minimum atomic E-state index is -0.495. The van der Waals surface area contributed by atoms with Gasteiger partial charge in [0, 0.05) is 24.1 Å². The van der Waals surface area contributed by atoms with Gasteiger partial charge in [-0.15, -0.1) is 0 Å². The zero-order valence-electron chi connectivity index (χ0n) is 12.5. The summed E-state index contributed by atoms with van der Waals surface area (Å²) in [6.07, 6.45) is 1.18. The molecular formula is C16H22BrF2NO. The highest BCUT2D eigenvalue weighted by Crippen LogP contribution is 2.35. The lowest BCUT2D eigenvalue weighted by atomic mass is 9.80. The molecule has 1 saturated heterocycles. The van der Waals surface area contributed by atoms with E-state index in [9.17, 15) is 8.78 Å². The summed E-state index contributed by atoms with van der Waals surface area (Å²) in [5.41, 5.74) is -0.0709. The van der Waals surface area contributed by atoms with Gasteiger partial charge in [0.25, 0.3) is 0 Å². The van der Waals surface area contributed by atoms with Gasteiger partial charge in [-0.3, -0.25) is 0 Å². The average Bonchev–Trinajstić information content (AvgIpc) is 2.88. The van der Waals surface area contributed by atoms with Gasteiger partial charge >= 0.3 is 0 Å². The lowest BCUT2D eigenvalue weighted by molar-refractivity contribution is 0.147. The predicted molar refractivity (Wildman–Crippen MR) is 83.3 cm³/mol. The van der Waals surface area contributed by atoms with E-state index in [2.05, 4.69) is 35.1 Å². The van der Waals surface area contributed by atoms with Crippen molar-refractivity contribution in [1.82, 2.24) is 5.32 Å². The molecule has 21 heavy (non-hydrogen) atoms. The Labute approximate surface area is 133 Å². The van der Waals surface area contributed by atoms with Crippen LogP contribution in [0.4, 0.5) is 8.78 Å². The van der Waals surface area contributed by atoms with Crippen LogP contribution in [0.3, 0.4) is 0 Å². The van der Waals surface area contributed by atoms with Gasteiger partial charge in [-0.2, -0.15) is 0 Å². The van der Waals surface area contributed by atoms with E-state index in [-0.39, 0.29) is 11.0 Å². The number of benzene rings is 1. The summed E-state index contributed by atoms with van der Waals surface area (Å²) in [6, 6.07) is 2.72. The molecule has 1 aromatic carbocycles. The Bertz CT molecular complexity index is 487. The fraction of sp³-hybridized carbons (Fsp3) is 0.625. The largest absolute Gasteiger partial charge is 0.381 e. The Morgan fingerprint density at radius 3 is 2.76 bits per heavy atom. The van der Waals surface area contributed by atoms with Crippen LogP contribution in [-0.4, -0.2) is 26.3 Å². The Morgan fingerprint density at radius 1 is 1.38 bits per heavy atom. The maximum absolute atomic E-state index is 14.2. The van der Waals surface area contributed by atoms with Crippen molar-refractivity contribution < 1.29 is 13.5 Å². The molecule has 5 heteroatoms. The quantitative estimate of drug-likeness (QED) is 0.775. The molecule has 0 aromatic heterocycles. The van der Waals surface area contributed by atoms with Crippen LogP contribution in [-0.2, 0) is 11.2 Å². The SMILES string of the molecule is CC(C)CNCC1(Cc2c(F)ccc(Br)c2F)CCOC1. The summed E-state index contributed by atoms with van der Waals surface area (Å²) < 4.78 is 34.0. The second kappa shape index (κ2) is 7.16. The second-order valence-corrected chi connectivity index (χ2v) is 7.18. The van der Waals surface area contributed by atoms with Crippen LogP contribution in [0.5, 0.6) is 0 Å². The van der Waals surface area contributed by atoms with Crippen LogP contribution in [0, 0.1) is 23.0 Å². The summed E-state index contributed by atoms with van der Waals surface area (Å²) in [4.78, 5) is 0. The number of rotatable bonds is 6. The third-order valence-corrected chi connectivity index (χ3v) is 4.54. The van der Waals surface area contributed by atoms with E-state index in [4.69, 9.17) is 4.74 Å². The molecule has 1 fully saturated rings. The first-order chi connectivity index (χ1) is 9.93. The molecule has 1 aromatic rings. The minimum Gasteiger partial charge on any atom is -0.381 e. The molecule has 0 radical (unpaired) electrons. The summed E-state index contributed by atoms with van der Waals surface area (Å²) in [7, 11) is 0. The second-order valence-electron chi connectivity index (χ2n) is 6.33. The van der Waals surface area contributed by atoms with Crippen LogP contribution >= 0.6 is 15.9 Å². The van der Waals surface area contributed by atoms with Crippen molar-refractivity contribution in [3.8, 4) is 0 Å². The summed E-state index contributed by atoms with van der Waals surface area (Å²) >= 11 is 3.13. The number of hydrogen-bond acceptors (Lipinski definition) is 2. The molecule has 2 nitrogen and oxygen atoms in total. The van der Waals surface area contributed by atoms with Crippen molar-refractivity contribution >= 4 is 15.9 Å². The highest BCUT2D eigenvalue weighted by Gasteiger charge is 2.36. The van der Waals surface area contributed by atoms with E-state index in [0.29, 0.717) is 30.0 Å². The fourth-order valence-electron chi connectivity index (χ4n) is 2.72. The van der Waals surface area contributed by atoms with E-state index < -0.39 is 11.6 Å². The molecule has 0 amide bonds. The van der Waals surface area contributed by atoms with Gasteiger partial charge in [-0.05, 0) is 53.4 Å². The van der Waals surface area contributed by atoms with Crippen LogP contribution in [0.2, 0.25) is 0 Å². The standard InChI is InChI=1S/C16H22BrF2NO/c1-11(2)8-20-9-16(5-6-21-10-16)7-12-14(18)4-3-13(17)15(12)19/h3-4,11,20H,5-10H2,1-2H3. The van der Waals surface area contributed by atoms with Crippen molar-refractivity contribution in [2.24, 2.45) is 11.3 Å². The highest BCUT2D eigenvalue weighted by atomic mass is 79.9. The highest BCUT2D eigenvalue weighted by molar-refractivity contribution is 9.10. The Balaban J connectivity index is 2.15. The molecule has 118 valence electrons. The van der Waals surface area contributed by atoms with Crippen LogP contribution in [0.15, 0.2) is 16.6 Å². The first-order valence-electron chi connectivity index (χ1n) is 7.34. The third-order valence-electron chi connectivity index (χ3n) is 3.93. The molecule has 1 aliphatic heterocycles. The van der Waals surface area contributed by atoms with E-state index in [1.807, 2.05) is 0 Å². The van der Waals surface area contributed by atoms with Crippen LogP contribution < -0.4 is 5.32 Å². The van der Waals surface area contributed by atoms with Gasteiger partial charge in [-0.25, -0.2) is 8.78 Å². The molecule has 0 spiro atoms. The fourth-order valence-corrected chi connectivity index (χ4v) is 3.09. The van der Waals surface area contributed by atoms with E-state index in [1.54, 1.807) is 0 Å². The molecule has 0 bridgehead atoms. The number of halogens is 3. The normalized spacial score (nSPS) is 22.2. The molecule has 0 aliphatic carbocycles. The molecule has 1 atom stereocenters. The Morgan fingerprint density at radius 2 is 2.14 bits per heavy atom. The van der Waals surface area contributed by atoms with Gasteiger partial charge in [0.05, 0.1) is 11.1 Å². The predicted octanol–water partition coefficient (Wildman–Crippen LogP) is 3.92. The summed E-state index contributed by atoms with van der Waals surface area (Å²) in [6.45, 7) is 7.09. The molecule has 1 heterocycles. The van der Waals surface area contributed by atoms with Crippen molar-refractivity contribution in [1.29, 1.82) is 0 Å². The van der Waals surface area contributed by atoms with Gasteiger partial charge in [0.1, 0.15) is 11.6 Å². The van der Waals surface area contributed by atoms with Crippen LogP contribution in [0.25, 0.3) is 0 Å². The third kappa shape index (κ3) is 4.24. The first-order valence-corrected chi connectivity index (χ1v) is 8.14. The van der Waals surface area contributed by atoms with Gasteiger partial charge in [0.2, 0.25) is 0 Å². The van der Waals surface area contributed by atoms with Crippen molar-refractivity contribution in [2.45, 2.75) is 26.7 Å². The van der Waals surface area contributed by atoms with Crippen LogP contribution in [0.1, 0.15) is 25.8 Å². The zero-order valence-corrected chi connectivity index (χ0v) is 14.1. The van der Waals surface area contributed by atoms with Crippen molar-refractivity contribution in [2.75, 3.05) is 26.3 Å². The van der Waals surface area contributed by atoms with E-state index in [1.165, 1.54) is 12.1 Å². The zero-order chi connectivity index (χ0) is 15.5. The monoisotopic (exact) mass is 361 g/mol. The number of hydrogen-bond donors (Lipinski definition) is 1. The molecular weight excluding hydrogens is 340 g/mol. The number of nitrogens with one attached hydrogen (secondary N) is 1. The smallest absolute Gasteiger partial charge is 0.143 e. The molecule has 1 N–H and O–H groups in total. The topological polar surface area (TPSA) is 21.3 Å². The number of ether oxygens (including phenoxy) is 1. The van der Waals surface area contributed by atoms with Gasteiger partial charge in [-0.1, -0.05) is 13.8 Å². The molecule has 0 saturated carbocycles. The van der Waals surface area contributed by atoms with Crippen molar-refractivity contribution in [3.63, 3.8) is 0 Å². The lowest BCUT2D eigenvalue weighted by Crippen LogP contribution is -2.38. The molecule has 2 rings (SSSR count). The summed E-state index contributed by atoms with van der Waals surface area (Å²) in [5.74, 6) is -0.431. The Kier molecular flexibility index (Phi) is 5.74. The minimum absolute atomic E-state index is 0.154. The molecule has 1 unspecified atom stereocenters. The maximum Gasteiger partial charge on any atom is 0.143 e. The maximum atomic E-state index is 14.2.